The van der Waals surface area contributed by atoms with Crippen LogP contribution in [0, 0.1) is 11.8 Å². The first-order valence-corrected chi connectivity index (χ1v) is 6.38. The standard InChI is InChI=1S/C12H22N2O2/c13-6-2-1-3-12(16)14-7-9-4-5-11(15)10(9)8-14/h9-11,15H,1-8,13H2. The van der Waals surface area contributed by atoms with Gasteiger partial charge in [-0.3, -0.25) is 4.79 Å². The van der Waals surface area contributed by atoms with Gasteiger partial charge >= 0.3 is 0 Å². The molecule has 16 heavy (non-hydrogen) atoms. The van der Waals surface area contributed by atoms with Crippen molar-refractivity contribution in [2.45, 2.75) is 38.2 Å². The van der Waals surface area contributed by atoms with Gasteiger partial charge in [0.2, 0.25) is 5.91 Å². The number of aliphatic hydroxyl groups is 1. The molecule has 1 saturated heterocycles. The number of likely N-dealkylation sites (tertiary alicyclic amines) is 1. The Hall–Kier alpha value is -0.610. The van der Waals surface area contributed by atoms with Crippen molar-refractivity contribution in [2.75, 3.05) is 19.6 Å². The molecular weight excluding hydrogens is 204 g/mol. The lowest BCUT2D eigenvalue weighted by atomic mass is 10.00. The molecule has 2 rings (SSSR count). The molecule has 1 heterocycles. The van der Waals surface area contributed by atoms with E-state index < -0.39 is 0 Å². The van der Waals surface area contributed by atoms with Crippen LogP contribution in [-0.4, -0.2) is 41.7 Å². The van der Waals surface area contributed by atoms with Crippen LogP contribution < -0.4 is 5.73 Å². The Morgan fingerprint density at radius 3 is 2.81 bits per heavy atom. The third kappa shape index (κ3) is 2.38. The maximum Gasteiger partial charge on any atom is 0.222 e. The van der Waals surface area contributed by atoms with E-state index in [4.69, 9.17) is 5.73 Å². The molecule has 2 fully saturated rings. The highest BCUT2D eigenvalue weighted by Gasteiger charge is 2.42. The summed E-state index contributed by atoms with van der Waals surface area (Å²) in [6, 6.07) is 0. The van der Waals surface area contributed by atoms with E-state index in [2.05, 4.69) is 0 Å². The number of hydrogen-bond donors (Lipinski definition) is 2. The molecule has 1 amide bonds. The van der Waals surface area contributed by atoms with Gasteiger partial charge in [-0.1, -0.05) is 0 Å². The number of aliphatic hydroxyl groups excluding tert-OH is 1. The minimum absolute atomic E-state index is 0.174. The molecule has 1 aliphatic carbocycles. The van der Waals surface area contributed by atoms with Crippen molar-refractivity contribution < 1.29 is 9.90 Å². The number of rotatable bonds is 4. The fourth-order valence-corrected chi connectivity index (χ4v) is 3.02. The number of carbonyl (C=O) groups excluding carboxylic acids is 1. The summed E-state index contributed by atoms with van der Waals surface area (Å²) in [5.74, 6) is 1.14. The Labute approximate surface area is 96.8 Å². The molecule has 3 atom stereocenters. The molecule has 0 aromatic rings. The van der Waals surface area contributed by atoms with E-state index in [0.717, 1.165) is 38.8 Å². The van der Waals surface area contributed by atoms with Crippen LogP contribution in [0.15, 0.2) is 0 Å². The van der Waals surface area contributed by atoms with E-state index in [1.807, 2.05) is 4.90 Å². The maximum absolute atomic E-state index is 11.9. The quantitative estimate of drug-likeness (QED) is 0.680. The largest absolute Gasteiger partial charge is 0.393 e. The maximum atomic E-state index is 11.9. The first-order valence-electron chi connectivity index (χ1n) is 6.38. The first-order chi connectivity index (χ1) is 7.72. The second kappa shape index (κ2) is 5.15. The molecule has 4 nitrogen and oxygen atoms in total. The molecule has 0 bridgehead atoms. The van der Waals surface area contributed by atoms with Gasteiger partial charge in [-0.15, -0.1) is 0 Å². The fraction of sp³-hybridized carbons (Fsp3) is 0.917. The minimum atomic E-state index is -0.174. The highest BCUT2D eigenvalue weighted by Crippen LogP contribution is 2.38. The summed E-state index contributed by atoms with van der Waals surface area (Å²) < 4.78 is 0. The van der Waals surface area contributed by atoms with Gasteiger partial charge in [0.05, 0.1) is 6.10 Å². The number of carbonyl (C=O) groups is 1. The number of nitrogens with two attached hydrogens (primary N) is 1. The fourth-order valence-electron chi connectivity index (χ4n) is 3.02. The van der Waals surface area contributed by atoms with Gasteiger partial charge in [-0.25, -0.2) is 0 Å². The molecular formula is C12H22N2O2. The molecule has 4 heteroatoms. The van der Waals surface area contributed by atoms with Crippen molar-refractivity contribution in [1.29, 1.82) is 0 Å². The minimum Gasteiger partial charge on any atom is -0.393 e. The normalized spacial score (nSPS) is 33.1. The Morgan fingerprint density at radius 1 is 1.31 bits per heavy atom. The van der Waals surface area contributed by atoms with Crippen molar-refractivity contribution in [3.8, 4) is 0 Å². The zero-order chi connectivity index (χ0) is 11.5. The van der Waals surface area contributed by atoms with Gasteiger partial charge in [-0.2, -0.15) is 0 Å². The molecule has 1 aliphatic heterocycles. The predicted octanol–water partition coefficient (Wildman–Crippen LogP) is 0.345. The van der Waals surface area contributed by atoms with E-state index in [-0.39, 0.29) is 12.0 Å². The average molecular weight is 226 g/mol. The van der Waals surface area contributed by atoms with Gasteiger partial charge in [0.15, 0.2) is 0 Å². The molecule has 2 aliphatic rings. The summed E-state index contributed by atoms with van der Waals surface area (Å²) in [5.41, 5.74) is 5.40. The van der Waals surface area contributed by atoms with Crippen LogP contribution in [0.5, 0.6) is 0 Å². The molecule has 0 aromatic heterocycles. The molecule has 0 spiro atoms. The Bertz CT molecular complexity index is 257. The summed E-state index contributed by atoms with van der Waals surface area (Å²) >= 11 is 0. The zero-order valence-electron chi connectivity index (χ0n) is 9.77. The van der Waals surface area contributed by atoms with Crippen molar-refractivity contribution in [3.05, 3.63) is 0 Å². The summed E-state index contributed by atoms with van der Waals surface area (Å²) in [4.78, 5) is 13.8. The van der Waals surface area contributed by atoms with Crippen LogP contribution in [0.25, 0.3) is 0 Å². The number of nitrogens with zero attached hydrogens (tertiary/aromatic N) is 1. The van der Waals surface area contributed by atoms with Crippen LogP contribution in [0.1, 0.15) is 32.1 Å². The summed E-state index contributed by atoms with van der Waals surface area (Å²) in [7, 11) is 0. The van der Waals surface area contributed by atoms with E-state index >= 15 is 0 Å². The van der Waals surface area contributed by atoms with Crippen LogP contribution in [0.3, 0.4) is 0 Å². The zero-order valence-corrected chi connectivity index (χ0v) is 9.77. The third-order valence-electron chi connectivity index (χ3n) is 4.02. The lowest BCUT2D eigenvalue weighted by molar-refractivity contribution is -0.130. The monoisotopic (exact) mass is 226 g/mol. The summed E-state index contributed by atoms with van der Waals surface area (Å²) in [5, 5.41) is 9.76. The van der Waals surface area contributed by atoms with Gasteiger partial charge in [0.25, 0.3) is 0 Å². The van der Waals surface area contributed by atoms with Gasteiger partial charge in [0, 0.05) is 25.4 Å². The molecule has 92 valence electrons. The lowest BCUT2D eigenvalue weighted by Gasteiger charge is -2.18. The third-order valence-corrected chi connectivity index (χ3v) is 4.02. The van der Waals surface area contributed by atoms with Gasteiger partial charge < -0.3 is 15.7 Å². The van der Waals surface area contributed by atoms with Crippen LogP contribution in [0.4, 0.5) is 0 Å². The van der Waals surface area contributed by atoms with Crippen molar-refractivity contribution in [1.82, 2.24) is 4.90 Å². The van der Waals surface area contributed by atoms with E-state index in [0.29, 0.717) is 24.8 Å². The Balaban J connectivity index is 1.78. The van der Waals surface area contributed by atoms with E-state index in [1.54, 1.807) is 0 Å². The van der Waals surface area contributed by atoms with Crippen LogP contribution in [-0.2, 0) is 4.79 Å². The summed E-state index contributed by atoms with van der Waals surface area (Å²) in [6.45, 7) is 2.30. The highest BCUT2D eigenvalue weighted by molar-refractivity contribution is 5.76. The van der Waals surface area contributed by atoms with Gasteiger partial charge in [0.1, 0.15) is 0 Å². The van der Waals surface area contributed by atoms with Crippen LogP contribution >= 0.6 is 0 Å². The van der Waals surface area contributed by atoms with Crippen molar-refractivity contribution in [3.63, 3.8) is 0 Å². The van der Waals surface area contributed by atoms with Crippen molar-refractivity contribution in [2.24, 2.45) is 17.6 Å². The Kier molecular flexibility index (Phi) is 3.82. The molecule has 1 saturated carbocycles. The van der Waals surface area contributed by atoms with Crippen molar-refractivity contribution >= 4 is 5.91 Å². The summed E-state index contributed by atoms with van der Waals surface area (Å²) in [6.07, 6.45) is 4.26. The second-order valence-corrected chi connectivity index (χ2v) is 5.11. The number of amides is 1. The predicted molar refractivity (Wildman–Crippen MR) is 61.7 cm³/mol. The Morgan fingerprint density at radius 2 is 2.12 bits per heavy atom. The first kappa shape index (κ1) is 11.9. The number of unbranched alkanes of at least 4 members (excludes halogenated alkanes) is 1. The molecule has 3 N–H and O–H groups in total. The topological polar surface area (TPSA) is 66.6 Å². The second-order valence-electron chi connectivity index (χ2n) is 5.11. The molecule has 0 radical (unpaired) electrons. The smallest absolute Gasteiger partial charge is 0.222 e. The lowest BCUT2D eigenvalue weighted by Crippen LogP contribution is -2.30. The number of hydrogen-bond acceptors (Lipinski definition) is 3. The average Bonchev–Trinajstić information content (AvgIpc) is 2.82. The SMILES string of the molecule is NCCCCC(=O)N1CC2CCC(O)C2C1. The van der Waals surface area contributed by atoms with Crippen LogP contribution in [0.2, 0.25) is 0 Å². The molecule has 0 aromatic carbocycles. The van der Waals surface area contributed by atoms with E-state index in [9.17, 15) is 9.90 Å². The van der Waals surface area contributed by atoms with Gasteiger partial charge in [-0.05, 0) is 38.1 Å². The number of fused-ring (bicyclic) bond motifs is 1. The molecule has 3 unspecified atom stereocenters. The highest BCUT2D eigenvalue weighted by atomic mass is 16.3. The van der Waals surface area contributed by atoms with E-state index in [1.165, 1.54) is 0 Å².